The van der Waals surface area contributed by atoms with Crippen molar-refractivity contribution in [2.24, 2.45) is 5.10 Å². The zero-order valence-electron chi connectivity index (χ0n) is 19.7. The molecule has 10 heteroatoms. The Morgan fingerprint density at radius 2 is 1.68 bits per heavy atom. The minimum absolute atomic E-state index is 0.0301. The van der Waals surface area contributed by atoms with E-state index in [1.165, 1.54) is 65.1 Å². The highest BCUT2D eigenvalue weighted by atomic mass is 32.2. The summed E-state index contributed by atoms with van der Waals surface area (Å²) in [6.07, 6.45) is 4.50. The number of carbonyl (C=O) groups excluding carboxylic acids is 1. The predicted octanol–water partition coefficient (Wildman–Crippen LogP) is 5.48. The van der Waals surface area contributed by atoms with E-state index in [0.29, 0.717) is 10.2 Å². The van der Waals surface area contributed by atoms with Gasteiger partial charge in [-0.25, -0.2) is 17.8 Å². The van der Waals surface area contributed by atoms with Crippen molar-refractivity contribution in [3.63, 3.8) is 0 Å². The Kier molecular flexibility index (Phi) is 8.02. The van der Waals surface area contributed by atoms with Crippen LogP contribution in [0.2, 0.25) is 0 Å². The molecule has 7 nitrogen and oxygen atoms in total. The Morgan fingerprint density at radius 3 is 2.32 bits per heavy atom. The molecule has 0 radical (unpaired) electrons. The van der Waals surface area contributed by atoms with Crippen molar-refractivity contribution >= 4 is 48.8 Å². The maximum Gasteiger partial charge on any atom is 0.280 e. The molecule has 1 aromatic heterocycles. The molecule has 1 heterocycles. The number of sulfonamides is 1. The van der Waals surface area contributed by atoms with Gasteiger partial charge in [-0.15, -0.1) is 13.2 Å². The van der Waals surface area contributed by atoms with Crippen molar-refractivity contribution in [1.29, 1.82) is 0 Å². The van der Waals surface area contributed by atoms with Gasteiger partial charge in [-0.3, -0.25) is 4.79 Å². The summed E-state index contributed by atoms with van der Waals surface area (Å²) in [5.74, 6) is -0.934. The fourth-order valence-corrected chi connectivity index (χ4v) is 5.76. The average molecular weight is 535 g/mol. The molecule has 0 unspecified atom stereocenters. The van der Waals surface area contributed by atoms with E-state index in [2.05, 4.69) is 23.2 Å². The van der Waals surface area contributed by atoms with Gasteiger partial charge in [0.05, 0.1) is 21.3 Å². The summed E-state index contributed by atoms with van der Waals surface area (Å²) in [7, 11) is -3.82. The molecule has 0 aliphatic rings. The Labute approximate surface area is 218 Å². The first-order valence-corrected chi connectivity index (χ1v) is 13.4. The second-order valence-corrected chi connectivity index (χ2v) is 10.8. The van der Waals surface area contributed by atoms with E-state index in [1.807, 2.05) is 30.3 Å². The first-order chi connectivity index (χ1) is 17.8. The summed E-state index contributed by atoms with van der Waals surface area (Å²) in [6, 6.07) is 19.0. The predicted molar refractivity (Wildman–Crippen MR) is 146 cm³/mol. The third kappa shape index (κ3) is 5.88. The maximum atomic E-state index is 13.7. The number of carbonyl (C=O) groups is 1. The number of hydrogen-bond acceptors (Lipinski definition) is 6. The van der Waals surface area contributed by atoms with Gasteiger partial charge in [0.15, 0.2) is 0 Å². The smallest absolute Gasteiger partial charge is 0.267 e. The number of hydrazone groups is 1. The third-order valence-electron chi connectivity index (χ3n) is 5.24. The average Bonchev–Trinajstić information content (AvgIpc) is 3.32. The zero-order valence-corrected chi connectivity index (χ0v) is 21.3. The first-order valence-electron chi connectivity index (χ1n) is 11.1. The number of aromatic nitrogens is 1. The number of benzene rings is 3. The van der Waals surface area contributed by atoms with Crippen LogP contribution in [-0.4, -0.2) is 42.9 Å². The van der Waals surface area contributed by atoms with Gasteiger partial charge in [0.25, 0.3) is 5.91 Å². The van der Waals surface area contributed by atoms with Gasteiger partial charge < -0.3 is 0 Å². The molecule has 0 aliphatic heterocycles. The number of thiazole rings is 1. The van der Waals surface area contributed by atoms with Gasteiger partial charge >= 0.3 is 0 Å². The first kappa shape index (κ1) is 26.1. The van der Waals surface area contributed by atoms with Crippen molar-refractivity contribution < 1.29 is 17.6 Å². The standard InChI is InChI=1S/C27H23FN4O3S2/c1-3-16-31(17-4-2)37(34,35)23-13-10-21(11-14-23)26(33)32(29-19-20-8-6-5-7-9-20)27-30-24-15-12-22(28)18-25(24)36-27/h3-15,18-19H,1-2,16-17H2/b29-19+. The van der Waals surface area contributed by atoms with Gasteiger partial charge in [-0.2, -0.15) is 14.4 Å². The lowest BCUT2D eigenvalue weighted by molar-refractivity contribution is 0.0987. The number of hydrogen-bond donors (Lipinski definition) is 0. The Hall–Kier alpha value is -3.99. The van der Waals surface area contributed by atoms with Gasteiger partial charge in [0, 0.05) is 18.7 Å². The number of halogens is 1. The molecule has 0 atom stereocenters. The number of fused-ring (bicyclic) bond motifs is 1. The summed E-state index contributed by atoms with van der Waals surface area (Å²) in [5.41, 5.74) is 1.49. The van der Waals surface area contributed by atoms with Crippen molar-refractivity contribution in [2.45, 2.75) is 4.90 Å². The second-order valence-electron chi connectivity index (χ2n) is 7.80. The van der Waals surface area contributed by atoms with Crippen molar-refractivity contribution in [1.82, 2.24) is 9.29 Å². The molecule has 3 aromatic carbocycles. The summed E-state index contributed by atoms with van der Waals surface area (Å²) in [6.45, 7) is 7.45. The summed E-state index contributed by atoms with van der Waals surface area (Å²) in [4.78, 5) is 18.0. The van der Waals surface area contributed by atoms with E-state index in [-0.39, 0.29) is 28.7 Å². The molecule has 4 rings (SSSR count). The molecular formula is C27H23FN4O3S2. The topological polar surface area (TPSA) is 82.9 Å². The number of nitrogens with zero attached hydrogens (tertiary/aromatic N) is 4. The van der Waals surface area contributed by atoms with E-state index in [0.717, 1.165) is 21.9 Å². The van der Waals surface area contributed by atoms with Crippen LogP contribution in [0.3, 0.4) is 0 Å². The van der Waals surface area contributed by atoms with Crippen molar-refractivity contribution in [3.8, 4) is 0 Å². The molecule has 0 bridgehead atoms. The van der Waals surface area contributed by atoms with E-state index in [4.69, 9.17) is 0 Å². The summed E-state index contributed by atoms with van der Waals surface area (Å²) < 4.78 is 41.5. The second kappa shape index (κ2) is 11.4. The van der Waals surface area contributed by atoms with Crippen LogP contribution in [0, 0.1) is 5.82 Å². The van der Waals surface area contributed by atoms with Crippen LogP contribution in [0.4, 0.5) is 9.52 Å². The highest BCUT2D eigenvalue weighted by Crippen LogP contribution is 2.31. The third-order valence-corrected chi connectivity index (χ3v) is 8.08. The highest BCUT2D eigenvalue weighted by Gasteiger charge is 2.25. The SMILES string of the molecule is C=CCN(CC=C)S(=O)(=O)c1ccc(C(=O)N(/N=C/c2ccccc2)c2nc3ccc(F)cc3s2)cc1. The number of rotatable bonds is 10. The van der Waals surface area contributed by atoms with Crippen LogP contribution in [-0.2, 0) is 10.0 Å². The van der Waals surface area contributed by atoms with Crippen LogP contribution in [0.15, 0.2) is 108 Å². The number of anilines is 1. The van der Waals surface area contributed by atoms with Crippen LogP contribution in [0.5, 0.6) is 0 Å². The summed E-state index contributed by atoms with van der Waals surface area (Å²) >= 11 is 1.12. The van der Waals surface area contributed by atoms with E-state index < -0.39 is 21.7 Å². The molecule has 1 amide bonds. The van der Waals surface area contributed by atoms with Gasteiger partial charge in [0.1, 0.15) is 5.82 Å². The van der Waals surface area contributed by atoms with Gasteiger partial charge in [-0.1, -0.05) is 53.8 Å². The molecule has 0 saturated carbocycles. The minimum Gasteiger partial charge on any atom is -0.267 e. The maximum absolute atomic E-state index is 13.7. The lowest BCUT2D eigenvalue weighted by Gasteiger charge is -2.19. The molecule has 0 saturated heterocycles. The van der Waals surface area contributed by atoms with Crippen LogP contribution in [0.1, 0.15) is 15.9 Å². The van der Waals surface area contributed by atoms with Gasteiger partial charge in [-0.05, 0) is 48.0 Å². The largest absolute Gasteiger partial charge is 0.280 e. The molecule has 0 fully saturated rings. The molecule has 37 heavy (non-hydrogen) atoms. The highest BCUT2D eigenvalue weighted by molar-refractivity contribution is 7.89. The molecule has 188 valence electrons. The Morgan fingerprint density at radius 1 is 1.00 bits per heavy atom. The number of amides is 1. The van der Waals surface area contributed by atoms with Crippen LogP contribution < -0.4 is 5.01 Å². The van der Waals surface area contributed by atoms with E-state index >= 15 is 0 Å². The lowest BCUT2D eigenvalue weighted by Crippen LogP contribution is -2.31. The Bertz CT molecular complexity index is 1560. The monoisotopic (exact) mass is 534 g/mol. The molecule has 4 aromatic rings. The Balaban J connectivity index is 1.69. The van der Waals surface area contributed by atoms with E-state index in [9.17, 15) is 17.6 Å². The van der Waals surface area contributed by atoms with E-state index in [1.54, 1.807) is 0 Å². The van der Waals surface area contributed by atoms with Crippen LogP contribution in [0.25, 0.3) is 10.2 Å². The molecule has 0 N–H and O–H groups in total. The van der Waals surface area contributed by atoms with Crippen molar-refractivity contribution in [2.75, 3.05) is 18.1 Å². The normalized spacial score (nSPS) is 11.7. The quantitative estimate of drug-likeness (QED) is 0.153. The van der Waals surface area contributed by atoms with Crippen LogP contribution >= 0.6 is 11.3 Å². The molecule has 0 spiro atoms. The minimum atomic E-state index is -3.82. The summed E-state index contributed by atoms with van der Waals surface area (Å²) in [5, 5.41) is 5.74. The van der Waals surface area contributed by atoms with Crippen molar-refractivity contribution in [3.05, 3.63) is 115 Å². The fourth-order valence-electron chi connectivity index (χ4n) is 3.43. The zero-order chi connectivity index (χ0) is 26.4. The molecular weight excluding hydrogens is 511 g/mol. The molecule has 0 aliphatic carbocycles. The fraction of sp³-hybridized carbons (Fsp3) is 0.0741. The lowest BCUT2D eigenvalue weighted by atomic mass is 10.2. The van der Waals surface area contributed by atoms with Gasteiger partial charge in [0.2, 0.25) is 15.2 Å².